The number of benzene rings is 1. The summed E-state index contributed by atoms with van der Waals surface area (Å²) in [6.07, 6.45) is 0. The van der Waals surface area contributed by atoms with E-state index in [1.165, 1.54) is 0 Å². The first-order valence-corrected chi connectivity index (χ1v) is 7.99. The van der Waals surface area contributed by atoms with Gasteiger partial charge in [0.05, 0.1) is 11.2 Å². The van der Waals surface area contributed by atoms with E-state index >= 15 is 0 Å². The van der Waals surface area contributed by atoms with E-state index in [4.69, 9.17) is 27.9 Å². The summed E-state index contributed by atoms with van der Waals surface area (Å²) in [5.74, 6) is 0. The van der Waals surface area contributed by atoms with E-state index in [1.54, 1.807) is 39.8 Å². The van der Waals surface area contributed by atoms with E-state index in [2.05, 4.69) is 15.9 Å². The van der Waals surface area contributed by atoms with Gasteiger partial charge in [-0.25, -0.2) is 0 Å². The Hall–Kier alpha value is 0.225. The summed E-state index contributed by atoms with van der Waals surface area (Å²) < 4.78 is 5.61. The van der Waals surface area contributed by atoms with Crippen molar-refractivity contribution in [3.63, 3.8) is 0 Å². The molecule has 0 atom stereocenters. The summed E-state index contributed by atoms with van der Waals surface area (Å²) >= 11 is 15.4. The van der Waals surface area contributed by atoms with Crippen LogP contribution in [0.2, 0.25) is 10.0 Å². The Morgan fingerprint density at radius 2 is 1.80 bits per heavy atom. The fourth-order valence-corrected chi connectivity index (χ4v) is 2.83. The molecule has 0 aliphatic heterocycles. The van der Waals surface area contributed by atoms with Crippen LogP contribution in [0.1, 0.15) is 33.3 Å². The maximum Gasteiger partial charge on any atom is 0.492 e. The van der Waals surface area contributed by atoms with E-state index in [9.17, 15) is 10.1 Å². The molecule has 0 amide bonds. The standard InChI is InChI=1S/C13H18BBrCl2O3/c1-12(2,18)13(3,4)20-14(19)10-5-8(16)6-11(17)9(10)7-15/h5-6,18-19H,7H2,1-4H3. The van der Waals surface area contributed by atoms with Gasteiger partial charge in [-0.2, -0.15) is 0 Å². The minimum absolute atomic E-state index is 0.415. The minimum atomic E-state index is -1.24. The largest absolute Gasteiger partial charge is 0.492 e. The lowest BCUT2D eigenvalue weighted by molar-refractivity contribution is -0.0982. The van der Waals surface area contributed by atoms with Crippen molar-refractivity contribution in [3.8, 4) is 0 Å². The molecule has 0 aliphatic carbocycles. The quantitative estimate of drug-likeness (QED) is 0.606. The molecular weight excluding hydrogens is 366 g/mol. The number of aliphatic hydroxyl groups is 1. The smallest absolute Gasteiger partial charge is 0.423 e. The van der Waals surface area contributed by atoms with Crippen LogP contribution in [0.25, 0.3) is 0 Å². The number of hydrogen-bond donors (Lipinski definition) is 2. The molecule has 1 rings (SSSR count). The number of rotatable bonds is 5. The normalized spacial score (nSPS) is 12.7. The molecule has 3 nitrogen and oxygen atoms in total. The summed E-state index contributed by atoms with van der Waals surface area (Å²) in [6, 6.07) is 3.21. The lowest BCUT2D eigenvalue weighted by Crippen LogP contribution is -2.53. The van der Waals surface area contributed by atoms with Crippen molar-refractivity contribution in [2.24, 2.45) is 0 Å². The Balaban J connectivity index is 3.13. The lowest BCUT2D eigenvalue weighted by atomic mass is 9.74. The first kappa shape index (κ1) is 18.3. The Morgan fingerprint density at radius 1 is 1.25 bits per heavy atom. The third-order valence-corrected chi connectivity index (χ3v) is 4.59. The molecular formula is C13H18BBrCl2O3. The Labute approximate surface area is 138 Å². The first-order chi connectivity index (χ1) is 8.99. The van der Waals surface area contributed by atoms with Crippen LogP contribution >= 0.6 is 39.1 Å². The van der Waals surface area contributed by atoms with Gasteiger partial charge in [0.1, 0.15) is 0 Å². The molecule has 112 valence electrons. The summed E-state index contributed by atoms with van der Waals surface area (Å²) in [5.41, 5.74) is -0.887. The summed E-state index contributed by atoms with van der Waals surface area (Å²) in [4.78, 5) is 0. The first-order valence-electron chi connectivity index (χ1n) is 6.11. The van der Waals surface area contributed by atoms with Crippen LogP contribution in [-0.2, 0) is 9.98 Å². The highest BCUT2D eigenvalue weighted by Crippen LogP contribution is 2.27. The van der Waals surface area contributed by atoms with Crippen molar-refractivity contribution in [1.82, 2.24) is 0 Å². The van der Waals surface area contributed by atoms with Gasteiger partial charge < -0.3 is 14.8 Å². The van der Waals surface area contributed by atoms with E-state index in [-0.39, 0.29) is 0 Å². The van der Waals surface area contributed by atoms with Crippen LogP contribution in [0.15, 0.2) is 12.1 Å². The summed E-state index contributed by atoms with van der Waals surface area (Å²) in [6.45, 7) is 6.65. The van der Waals surface area contributed by atoms with Crippen molar-refractivity contribution in [2.45, 2.75) is 44.2 Å². The zero-order chi connectivity index (χ0) is 15.7. The van der Waals surface area contributed by atoms with Crippen LogP contribution in [0.3, 0.4) is 0 Å². The maximum absolute atomic E-state index is 10.3. The minimum Gasteiger partial charge on any atom is -0.423 e. The van der Waals surface area contributed by atoms with Crippen LogP contribution in [0.4, 0.5) is 0 Å². The van der Waals surface area contributed by atoms with Crippen LogP contribution in [0, 0.1) is 0 Å². The fraction of sp³-hybridized carbons (Fsp3) is 0.538. The van der Waals surface area contributed by atoms with Gasteiger partial charge in [-0.3, -0.25) is 0 Å². The summed E-state index contributed by atoms with van der Waals surface area (Å²) in [7, 11) is -1.24. The highest BCUT2D eigenvalue weighted by atomic mass is 79.9. The maximum atomic E-state index is 10.3. The Morgan fingerprint density at radius 3 is 2.25 bits per heavy atom. The molecule has 20 heavy (non-hydrogen) atoms. The second-order valence-corrected chi connectivity index (χ2v) is 7.03. The van der Waals surface area contributed by atoms with Crippen LogP contribution in [0.5, 0.6) is 0 Å². The molecule has 0 saturated carbocycles. The average Bonchev–Trinajstić information content (AvgIpc) is 2.25. The zero-order valence-electron chi connectivity index (χ0n) is 11.9. The van der Waals surface area contributed by atoms with Crippen molar-refractivity contribution >= 4 is 51.7 Å². The molecule has 0 fully saturated rings. The molecule has 0 bridgehead atoms. The van der Waals surface area contributed by atoms with Crippen molar-refractivity contribution < 1.29 is 14.8 Å². The van der Waals surface area contributed by atoms with Gasteiger partial charge >= 0.3 is 7.12 Å². The molecule has 0 radical (unpaired) electrons. The predicted octanol–water partition coefficient (Wildman–Crippen LogP) is 3.14. The SMILES string of the molecule is CC(C)(O)C(C)(C)OB(O)c1cc(Cl)cc(Cl)c1CBr. The van der Waals surface area contributed by atoms with Gasteiger partial charge in [-0.1, -0.05) is 39.1 Å². The molecule has 1 aromatic carbocycles. The van der Waals surface area contributed by atoms with Crippen molar-refractivity contribution in [1.29, 1.82) is 0 Å². The van der Waals surface area contributed by atoms with Gasteiger partial charge in [0.25, 0.3) is 0 Å². The predicted molar refractivity (Wildman–Crippen MR) is 88.2 cm³/mol. The second kappa shape index (κ2) is 6.55. The number of halogens is 3. The third-order valence-electron chi connectivity index (χ3n) is 3.47. The van der Waals surface area contributed by atoms with Crippen LogP contribution < -0.4 is 5.46 Å². The highest BCUT2D eigenvalue weighted by molar-refractivity contribution is 9.08. The van der Waals surface area contributed by atoms with Crippen molar-refractivity contribution in [3.05, 3.63) is 27.7 Å². The average molecular weight is 384 g/mol. The van der Waals surface area contributed by atoms with E-state index < -0.39 is 18.3 Å². The highest BCUT2D eigenvalue weighted by Gasteiger charge is 2.40. The lowest BCUT2D eigenvalue weighted by Gasteiger charge is -2.38. The zero-order valence-corrected chi connectivity index (χ0v) is 15.0. The molecule has 0 spiro atoms. The van der Waals surface area contributed by atoms with Gasteiger partial charge in [0.15, 0.2) is 0 Å². The Bertz CT molecular complexity index is 489. The molecule has 7 heteroatoms. The second-order valence-electron chi connectivity index (χ2n) is 5.63. The molecule has 0 saturated heterocycles. The molecule has 0 heterocycles. The van der Waals surface area contributed by atoms with Crippen molar-refractivity contribution in [2.75, 3.05) is 0 Å². The third kappa shape index (κ3) is 4.12. The Kier molecular flexibility index (Phi) is 5.98. The molecule has 1 aromatic rings. The molecule has 2 N–H and O–H groups in total. The van der Waals surface area contributed by atoms with E-state index in [0.717, 1.165) is 0 Å². The number of hydrogen-bond acceptors (Lipinski definition) is 3. The summed E-state index contributed by atoms with van der Waals surface area (Å²) in [5, 5.41) is 21.7. The van der Waals surface area contributed by atoms with Gasteiger partial charge in [-0.15, -0.1) is 0 Å². The van der Waals surface area contributed by atoms with Gasteiger partial charge in [0, 0.05) is 15.4 Å². The van der Waals surface area contributed by atoms with Crippen LogP contribution in [-0.4, -0.2) is 28.5 Å². The number of alkyl halides is 1. The topological polar surface area (TPSA) is 49.7 Å². The molecule has 0 aliphatic rings. The fourth-order valence-electron chi connectivity index (χ4n) is 1.47. The molecule has 0 aromatic heterocycles. The van der Waals surface area contributed by atoms with Gasteiger partial charge in [0.2, 0.25) is 0 Å². The molecule has 0 unspecified atom stereocenters. The van der Waals surface area contributed by atoms with E-state index in [0.29, 0.717) is 26.4 Å². The van der Waals surface area contributed by atoms with E-state index in [1.807, 2.05) is 0 Å². The van der Waals surface area contributed by atoms with Gasteiger partial charge in [-0.05, 0) is 50.9 Å². The monoisotopic (exact) mass is 382 g/mol.